The van der Waals surface area contributed by atoms with Gasteiger partial charge in [0.15, 0.2) is 0 Å². The van der Waals surface area contributed by atoms with Gasteiger partial charge in [-0.3, -0.25) is 9.59 Å². The average Bonchev–Trinajstić information content (AvgIpc) is 2.23. The topological polar surface area (TPSA) is 43.4 Å². The Morgan fingerprint density at radius 3 is 2.19 bits per heavy atom. The van der Waals surface area contributed by atoms with Gasteiger partial charge in [-0.1, -0.05) is 27.2 Å². The van der Waals surface area contributed by atoms with Gasteiger partial charge in [0.25, 0.3) is 0 Å². The molecule has 0 rings (SSSR count). The summed E-state index contributed by atoms with van der Waals surface area (Å²) >= 11 is 0. The summed E-state index contributed by atoms with van der Waals surface area (Å²) in [5, 5.41) is 0. The molecule has 0 aromatic rings. The second-order valence-corrected chi connectivity index (χ2v) is 4.84. The minimum absolute atomic E-state index is 0.194. The highest BCUT2D eigenvalue weighted by atomic mass is 16.5. The van der Waals surface area contributed by atoms with E-state index in [0.29, 0.717) is 18.6 Å². The number of esters is 1. The van der Waals surface area contributed by atoms with Crippen LogP contribution in [0.2, 0.25) is 0 Å². The molecule has 0 aliphatic carbocycles. The van der Waals surface area contributed by atoms with Crippen LogP contribution in [0.25, 0.3) is 0 Å². The van der Waals surface area contributed by atoms with Gasteiger partial charge in [-0.25, -0.2) is 0 Å². The van der Waals surface area contributed by atoms with E-state index in [1.807, 2.05) is 13.8 Å². The lowest BCUT2D eigenvalue weighted by Gasteiger charge is -2.22. The van der Waals surface area contributed by atoms with Crippen molar-refractivity contribution in [2.24, 2.45) is 5.41 Å². The molecule has 0 heterocycles. The Hall–Kier alpha value is -0.860. The molecule has 0 aliphatic rings. The van der Waals surface area contributed by atoms with Crippen molar-refractivity contribution in [1.29, 1.82) is 0 Å². The van der Waals surface area contributed by atoms with Crippen LogP contribution in [0.5, 0.6) is 0 Å². The van der Waals surface area contributed by atoms with Crippen LogP contribution in [0.15, 0.2) is 0 Å². The smallest absolute Gasteiger partial charge is 0.305 e. The predicted octanol–water partition coefficient (Wildman–Crippen LogP) is 3.12. The van der Waals surface area contributed by atoms with Crippen LogP contribution in [0.3, 0.4) is 0 Å². The molecule has 0 radical (unpaired) electrons. The number of ketones is 1. The van der Waals surface area contributed by atoms with Gasteiger partial charge in [0.05, 0.1) is 7.11 Å². The number of unbranched alkanes of at least 4 members (excludes halogenated alkanes) is 1. The molecule has 0 aromatic heterocycles. The maximum atomic E-state index is 11.9. The van der Waals surface area contributed by atoms with E-state index in [4.69, 9.17) is 0 Å². The second kappa shape index (κ2) is 7.42. The van der Waals surface area contributed by atoms with Crippen molar-refractivity contribution in [2.45, 2.75) is 59.3 Å². The van der Waals surface area contributed by atoms with Gasteiger partial charge >= 0.3 is 5.97 Å². The van der Waals surface area contributed by atoms with Gasteiger partial charge in [-0.2, -0.15) is 0 Å². The van der Waals surface area contributed by atoms with Crippen LogP contribution in [-0.4, -0.2) is 18.9 Å². The second-order valence-electron chi connectivity index (χ2n) is 4.84. The lowest BCUT2D eigenvalue weighted by Crippen LogP contribution is -2.23. The van der Waals surface area contributed by atoms with E-state index in [2.05, 4.69) is 11.7 Å². The number of Topliss-reactive ketones (excluding diaryl/α,β-unsaturated/α-hetero) is 1. The molecule has 0 amide bonds. The van der Waals surface area contributed by atoms with Crippen LogP contribution in [0, 0.1) is 5.41 Å². The molecular weight excluding hydrogens is 204 g/mol. The maximum absolute atomic E-state index is 11.9. The number of rotatable bonds is 8. The highest BCUT2D eigenvalue weighted by Gasteiger charge is 2.25. The first-order valence-corrected chi connectivity index (χ1v) is 6.04. The maximum Gasteiger partial charge on any atom is 0.305 e. The lowest BCUT2D eigenvalue weighted by atomic mass is 9.81. The summed E-state index contributed by atoms with van der Waals surface area (Å²) in [6, 6.07) is 0. The first kappa shape index (κ1) is 15.1. The lowest BCUT2D eigenvalue weighted by molar-refractivity contribution is -0.141. The van der Waals surface area contributed by atoms with Crippen LogP contribution >= 0.6 is 0 Å². The Morgan fingerprint density at radius 2 is 1.69 bits per heavy atom. The third-order valence-corrected chi connectivity index (χ3v) is 2.89. The van der Waals surface area contributed by atoms with Crippen molar-refractivity contribution in [3.63, 3.8) is 0 Å². The summed E-state index contributed by atoms with van der Waals surface area (Å²) in [5.74, 6) is 0.111. The van der Waals surface area contributed by atoms with Crippen LogP contribution in [0.1, 0.15) is 59.3 Å². The number of carbonyl (C=O) groups is 2. The number of hydrogen-bond acceptors (Lipinski definition) is 3. The Labute approximate surface area is 98.6 Å². The van der Waals surface area contributed by atoms with Gasteiger partial charge in [-0.05, 0) is 19.3 Å². The molecule has 0 spiro atoms. The summed E-state index contributed by atoms with van der Waals surface area (Å²) < 4.78 is 4.54. The van der Waals surface area contributed by atoms with Gasteiger partial charge in [0, 0.05) is 18.3 Å². The van der Waals surface area contributed by atoms with Crippen molar-refractivity contribution >= 4 is 11.8 Å². The summed E-state index contributed by atoms with van der Waals surface area (Å²) in [6.45, 7) is 6.09. The van der Waals surface area contributed by atoms with E-state index in [9.17, 15) is 9.59 Å². The summed E-state index contributed by atoms with van der Waals surface area (Å²) in [5.41, 5.74) is -0.208. The van der Waals surface area contributed by atoms with Crippen LogP contribution in [0.4, 0.5) is 0 Å². The molecule has 3 nitrogen and oxygen atoms in total. The van der Waals surface area contributed by atoms with Crippen LogP contribution < -0.4 is 0 Å². The predicted molar refractivity (Wildman–Crippen MR) is 64.2 cm³/mol. The van der Waals surface area contributed by atoms with E-state index in [1.54, 1.807) is 0 Å². The van der Waals surface area contributed by atoms with Gasteiger partial charge in [-0.15, -0.1) is 0 Å². The summed E-state index contributed by atoms with van der Waals surface area (Å²) in [6.07, 6.45) is 4.47. The highest BCUT2D eigenvalue weighted by Crippen LogP contribution is 2.25. The van der Waals surface area contributed by atoms with E-state index < -0.39 is 0 Å². The van der Waals surface area contributed by atoms with Crippen molar-refractivity contribution < 1.29 is 14.3 Å². The molecule has 3 heteroatoms. The molecular formula is C13H24O3. The first-order chi connectivity index (χ1) is 7.44. The first-order valence-electron chi connectivity index (χ1n) is 6.04. The molecule has 0 fully saturated rings. The molecule has 94 valence electrons. The SMILES string of the molecule is CCCC(C)(C)C(=O)CCCCC(=O)OC. The Bertz CT molecular complexity index is 231. The number of carbonyl (C=O) groups excluding carboxylic acids is 2. The van der Waals surface area contributed by atoms with Crippen molar-refractivity contribution in [3.05, 3.63) is 0 Å². The van der Waals surface area contributed by atoms with Gasteiger partial charge in [0.2, 0.25) is 0 Å². The Kier molecular flexibility index (Phi) is 7.02. The van der Waals surface area contributed by atoms with E-state index in [-0.39, 0.29) is 11.4 Å². The average molecular weight is 228 g/mol. The van der Waals surface area contributed by atoms with Crippen molar-refractivity contribution in [1.82, 2.24) is 0 Å². The summed E-state index contributed by atoms with van der Waals surface area (Å²) in [7, 11) is 1.39. The van der Waals surface area contributed by atoms with Gasteiger partial charge < -0.3 is 4.74 Å². The number of ether oxygens (including phenoxy) is 1. The van der Waals surface area contributed by atoms with E-state index in [1.165, 1.54) is 7.11 Å². The Morgan fingerprint density at radius 1 is 1.12 bits per heavy atom. The third kappa shape index (κ3) is 5.89. The van der Waals surface area contributed by atoms with E-state index >= 15 is 0 Å². The molecule has 0 N–H and O–H groups in total. The van der Waals surface area contributed by atoms with E-state index in [0.717, 1.165) is 25.7 Å². The molecule has 0 aliphatic heterocycles. The molecule has 0 saturated carbocycles. The number of hydrogen-bond donors (Lipinski definition) is 0. The van der Waals surface area contributed by atoms with Crippen molar-refractivity contribution in [2.75, 3.05) is 7.11 Å². The van der Waals surface area contributed by atoms with Crippen LogP contribution in [-0.2, 0) is 14.3 Å². The number of methoxy groups -OCH3 is 1. The fourth-order valence-corrected chi connectivity index (χ4v) is 1.76. The van der Waals surface area contributed by atoms with Crippen molar-refractivity contribution in [3.8, 4) is 0 Å². The minimum Gasteiger partial charge on any atom is -0.469 e. The quantitative estimate of drug-likeness (QED) is 0.473. The fraction of sp³-hybridized carbons (Fsp3) is 0.846. The standard InChI is InChI=1S/C13H24O3/c1-5-10-13(2,3)11(14)8-6-7-9-12(15)16-4/h5-10H2,1-4H3. The monoisotopic (exact) mass is 228 g/mol. The zero-order chi connectivity index (χ0) is 12.6. The molecule has 16 heavy (non-hydrogen) atoms. The molecule has 0 bridgehead atoms. The highest BCUT2D eigenvalue weighted by molar-refractivity contribution is 5.84. The van der Waals surface area contributed by atoms with Gasteiger partial charge in [0.1, 0.15) is 5.78 Å². The zero-order valence-corrected chi connectivity index (χ0v) is 11.0. The normalized spacial score (nSPS) is 11.2. The fourth-order valence-electron chi connectivity index (χ4n) is 1.76. The minimum atomic E-state index is -0.208. The zero-order valence-electron chi connectivity index (χ0n) is 11.0. The summed E-state index contributed by atoms with van der Waals surface area (Å²) in [4.78, 5) is 22.7. The molecule has 0 saturated heterocycles. The molecule has 0 unspecified atom stereocenters. The molecule has 0 aromatic carbocycles. The molecule has 0 atom stereocenters. The third-order valence-electron chi connectivity index (χ3n) is 2.89. The largest absolute Gasteiger partial charge is 0.469 e. The Balaban J connectivity index is 3.77.